The summed E-state index contributed by atoms with van der Waals surface area (Å²) in [5.74, 6) is 2.05. The van der Waals surface area contributed by atoms with E-state index in [1.807, 2.05) is 11.8 Å². The average molecular weight is 163 g/mol. The summed E-state index contributed by atoms with van der Waals surface area (Å²) < 4.78 is 0. The zero-order chi connectivity index (χ0) is 7.82. The molecule has 0 unspecified atom stereocenters. The molecular formula is C7H17NOS. The minimum atomic E-state index is 0.312. The van der Waals surface area contributed by atoms with E-state index < -0.39 is 0 Å². The topological polar surface area (TPSA) is 23.5 Å². The second-order valence-corrected chi connectivity index (χ2v) is 3.72. The molecule has 2 nitrogen and oxygen atoms in total. The molecular weight excluding hydrogens is 146 g/mol. The molecule has 0 aromatic rings. The summed E-state index contributed by atoms with van der Waals surface area (Å²) in [7, 11) is 4.16. The Labute approximate surface area is 67.6 Å². The Morgan fingerprint density at radius 3 is 2.50 bits per heavy atom. The third-order valence-corrected chi connectivity index (χ3v) is 2.18. The average Bonchev–Trinajstić information content (AvgIpc) is 1.87. The first kappa shape index (κ1) is 10.3. The summed E-state index contributed by atoms with van der Waals surface area (Å²) in [6.07, 6.45) is 1.22. The molecule has 0 aliphatic carbocycles. The first-order chi connectivity index (χ1) is 4.77. The number of nitrogens with zero attached hydrogens (tertiary/aromatic N) is 1. The van der Waals surface area contributed by atoms with E-state index in [9.17, 15) is 0 Å². The molecule has 0 radical (unpaired) electrons. The van der Waals surface area contributed by atoms with Crippen molar-refractivity contribution >= 4 is 11.8 Å². The molecule has 0 aromatic carbocycles. The van der Waals surface area contributed by atoms with Gasteiger partial charge >= 0.3 is 0 Å². The van der Waals surface area contributed by atoms with Gasteiger partial charge in [0.1, 0.15) is 0 Å². The molecule has 1 N–H and O–H groups in total. The van der Waals surface area contributed by atoms with Gasteiger partial charge in [-0.15, -0.1) is 0 Å². The van der Waals surface area contributed by atoms with Crippen LogP contribution in [0.2, 0.25) is 0 Å². The standard InChI is InChI=1S/C7H17NOS/c1-8(2)4-3-6-10-7-5-9/h9H,3-7H2,1-2H3. The first-order valence-corrected chi connectivity index (χ1v) is 4.76. The fourth-order valence-electron chi connectivity index (χ4n) is 0.649. The number of thioether (sulfide) groups is 1. The molecule has 0 aliphatic rings. The van der Waals surface area contributed by atoms with Crippen molar-refractivity contribution in [2.75, 3.05) is 38.8 Å². The molecule has 0 heterocycles. The van der Waals surface area contributed by atoms with Gasteiger partial charge in [-0.2, -0.15) is 11.8 Å². The van der Waals surface area contributed by atoms with Crippen molar-refractivity contribution in [3.8, 4) is 0 Å². The molecule has 0 fully saturated rings. The molecule has 0 spiro atoms. The monoisotopic (exact) mass is 163 g/mol. The van der Waals surface area contributed by atoms with Crippen molar-refractivity contribution < 1.29 is 5.11 Å². The van der Waals surface area contributed by atoms with Crippen LogP contribution in [-0.2, 0) is 0 Å². The van der Waals surface area contributed by atoms with Crippen LogP contribution in [0.1, 0.15) is 6.42 Å². The van der Waals surface area contributed by atoms with Crippen LogP contribution in [0.4, 0.5) is 0 Å². The van der Waals surface area contributed by atoms with Crippen LogP contribution in [0.25, 0.3) is 0 Å². The van der Waals surface area contributed by atoms with Crippen LogP contribution in [-0.4, -0.2) is 48.8 Å². The van der Waals surface area contributed by atoms with E-state index in [4.69, 9.17) is 5.11 Å². The summed E-state index contributed by atoms with van der Waals surface area (Å²) in [6.45, 7) is 1.46. The summed E-state index contributed by atoms with van der Waals surface area (Å²) in [5.41, 5.74) is 0. The Bertz CT molecular complexity index is 68.6. The minimum Gasteiger partial charge on any atom is -0.396 e. The number of hydrogen-bond donors (Lipinski definition) is 1. The maximum atomic E-state index is 8.44. The normalized spacial score (nSPS) is 10.8. The summed E-state index contributed by atoms with van der Waals surface area (Å²) in [6, 6.07) is 0. The zero-order valence-corrected chi connectivity index (χ0v) is 7.65. The molecule has 0 saturated carbocycles. The Kier molecular flexibility index (Phi) is 7.58. The predicted molar refractivity (Wildman–Crippen MR) is 47.6 cm³/mol. The zero-order valence-electron chi connectivity index (χ0n) is 6.84. The highest BCUT2D eigenvalue weighted by molar-refractivity contribution is 7.99. The van der Waals surface area contributed by atoms with Gasteiger partial charge in [0.25, 0.3) is 0 Å². The number of hydrogen-bond acceptors (Lipinski definition) is 3. The Balaban J connectivity index is 2.77. The highest BCUT2D eigenvalue weighted by Gasteiger charge is 1.90. The molecule has 3 heteroatoms. The van der Waals surface area contributed by atoms with Crippen molar-refractivity contribution in [3.05, 3.63) is 0 Å². The van der Waals surface area contributed by atoms with Gasteiger partial charge in [-0.25, -0.2) is 0 Å². The lowest BCUT2D eigenvalue weighted by Gasteiger charge is -2.07. The van der Waals surface area contributed by atoms with Gasteiger partial charge in [-0.3, -0.25) is 0 Å². The van der Waals surface area contributed by atoms with Crippen LogP contribution in [0, 0.1) is 0 Å². The fraction of sp³-hybridized carbons (Fsp3) is 1.00. The van der Waals surface area contributed by atoms with E-state index in [0.717, 1.165) is 12.3 Å². The van der Waals surface area contributed by atoms with Gasteiger partial charge in [0, 0.05) is 5.75 Å². The van der Waals surface area contributed by atoms with Crippen LogP contribution in [0.5, 0.6) is 0 Å². The van der Waals surface area contributed by atoms with Gasteiger partial charge in [0.2, 0.25) is 0 Å². The van der Waals surface area contributed by atoms with E-state index in [-0.39, 0.29) is 0 Å². The smallest absolute Gasteiger partial charge is 0.0521 e. The maximum absolute atomic E-state index is 8.44. The molecule has 0 atom stereocenters. The molecule has 0 amide bonds. The predicted octanol–water partition coefficient (Wildman–Crippen LogP) is 0.664. The number of rotatable bonds is 6. The lowest BCUT2D eigenvalue weighted by molar-refractivity contribution is 0.322. The SMILES string of the molecule is CN(C)CCCSCCO. The van der Waals surface area contributed by atoms with Crippen LogP contribution in [0.3, 0.4) is 0 Å². The number of aliphatic hydroxyl groups is 1. The quantitative estimate of drug-likeness (QED) is 0.582. The third kappa shape index (κ3) is 8.27. The maximum Gasteiger partial charge on any atom is 0.0521 e. The van der Waals surface area contributed by atoms with E-state index in [0.29, 0.717) is 6.61 Å². The second kappa shape index (κ2) is 7.38. The Hall–Kier alpha value is 0.270. The minimum absolute atomic E-state index is 0.312. The second-order valence-electron chi connectivity index (χ2n) is 2.49. The van der Waals surface area contributed by atoms with Crippen molar-refractivity contribution in [2.45, 2.75) is 6.42 Å². The molecule has 10 heavy (non-hydrogen) atoms. The molecule has 0 aromatic heterocycles. The number of aliphatic hydroxyl groups excluding tert-OH is 1. The van der Waals surface area contributed by atoms with Crippen LogP contribution >= 0.6 is 11.8 Å². The van der Waals surface area contributed by atoms with Gasteiger partial charge in [0.15, 0.2) is 0 Å². The van der Waals surface area contributed by atoms with E-state index in [2.05, 4.69) is 19.0 Å². The first-order valence-electron chi connectivity index (χ1n) is 3.60. The van der Waals surface area contributed by atoms with Crippen molar-refractivity contribution in [2.24, 2.45) is 0 Å². The summed E-state index contributed by atoms with van der Waals surface area (Å²) >= 11 is 1.82. The van der Waals surface area contributed by atoms with E-state index in [1.165, 1.54) is 12.2 Å². The molecule has 0 saturated heterocycles. The van der Waals surface area contributed by atoms with E-state index in [1.54, 1.807) is 0 Å². The highest BCUT2D eigenvalue weighted by Crippen LogP contribution is 2.00. The van der Waals surface area contributed by atoms with Crippen molar-refractivity contribution in [1.29, 1.82) is 0 Å². The molecule has 0 aliphatic heterocycles. The lowest BCUT2D eigenvalue weighted by Crippen LogP contribution is -2.13. The van der Waals surface area contributed by atoms with Gasteiger partial charge in [-0.05, 0) is 32.8 Å². The molecule has 0 bridgehead atoms. The summed E-state index contributed by atoms with van der Waals surface area (Å²) in [5, 5.41) is 8.44. The van der Waals surface area contributed by atoms with E-state index >= 15 is 0 Å². The van der Waals surface area contributed by atoms with Gasteiger partial charge < -0.3 is 10.0 Å². The Morgan fingerprint density at radius 2 is 2.00 bits per heavy atom. The van der Waals surface area contributed by atoms with Crippen LogP contribution < -0.4 is 0 Å². The molecule has 62 valence electrons. The largest absolute Gasteiger partial charge is 0.396 e. The lowest BCUT2D eigenvalue weighted by atomic mass is 10.5. The highest BCUT2D eigenvalue weighted by atomic mass is 32.2. The summed E-state index contributed by atoms with van der Waals surface area (Å²) in [4.78, 5) is 2.18. The molecule has 0 rings (SSSR count). The fourth-order valence-corrected chi connectivity index (χ4v) is 1.32. The van der Waals surface area contributed by atoms with Crippen LogP contribution in [0.15, 0.2) is 0 Å². The van der Waals surface area contributed by atoms with Crippen molar-refractivity contribution in [1.82, 2.24) is 4.90 Å². The van der Waals surface area contributed by atoms with Gasteiger partial charge in [0.05, 0.1) is 6.61 Å². The Morgan fingerprint density at radius 1 is 1.30 bits per heavy atom. The van der Waals surface area contributed by atoms with Gasteiger partial charge in [-0.1, -0.05) is 0 Å². The van der Waals surface area contributed by atoms with Crippen molar-refractivity contribution in [3.63, 3.8) is 0 Å². The third-order valence-electron chi connectivity index (χ3n) is 1.13.